The number of hydrogen-bond donors (Lipinski definition) is 1. The van der Waals surface area contributed by atoms with Gasteiger partial charge in [0.05, 0.1) is 24.8 Å². The van der Waals surface area contributed by atoms with Gasteiger partial charge in [-0.3, -0.25) is 4.79 Å². The summed E-state index contributed by atoms with van der Waals surface area (Å²) in [6, 6.07) is 11.7. The summed E-state index contributed by atoms with van der Waals surface area (Å²) in [6.45, 7) is 0.680. The topological polar surface area (TPSA) is 84.9 Å². The van der Waals surface area contributed by atoms with Gasteiger partial charge in [0.1, 0.15) is 11.5 Å². The average molecular weight is 390 g/mol. The van der Waals surface area contributed by atoms with Gasteiger partial charge < -0.3 is 14.4 Å². The van der Waals surface area contributed by atoms with Crippen LogP contribution in [0.3, 0.4) is 0 Å². The summed E-state index contributed by atoms with van der Waals surface area (Å²) in [5, 5.41) is 0. The summed E-state index contributed by atoms with van der Waals surface area (Å²) in [7, 11) is -0.705. The minimum atomic E-state index is -3.76. The van der Waals surface area contributed by atoms with Gasteiger partial charge in [-0.1, -0.05) is 12.1 Å². The van der Waals surface area contributed by atoms with Gasteiger partial charge in [0.15, 0.2) is 0 Å². The molecule has 1 heterocycles. The fourth-order valence-electron chi connectivity index (χ4n) is 2.99. The quantitative estimate of drug-likeness (QED) is 0.784. The molecule has 2 aromatic rings. The van der Waals surface area contributed by atoms with Crippen molar-refractivity contribution in [2.45, 2.75) is 24.3 Å². The monoisotopic (exact) mass is 390 g/mol. The highest BCUT2D eigenvalue weighted by Gasteiger charge is 2.26. The van der Waals surface area contributed by atoms with E-state index in [0.717, 1.165) is 12.0 Å². The van der Waals surface area contributed by atoms with E-state index in [1.165, 1.54) is 19.2 Å². The Bertz CT molecular complexity index is 943. The highest BCUT2D eigenvalue weighted by Crippen LogP contribution is 2.33. The lowest BCUT2D eigenvalue weighted by Gasteiger charge is -2.20. The molecule has 0 unspecified atom stereocenters. The summed E-state index contributed by atoms with van der Waals surface area (Å²) in [5.41, 5.74) is 1.26. The number of carbonyl (C=O) groups excluding carboxylic acids is 1. The van der Waals surface area contributed by atoms with Crippen LogP contribution < -0.4 is 19.1 Å². The number of amides is 1. The van der Waals surface area contributed by atoms with Crippen molar-refractivity contribution in [3.8, 4) is 11.5 Å². The number of nitrogens with one attached hydrogen (secondary N) is 1. The lowest BCUT2D eigenvalue weighted by molar-refractivity contribution is -0.117. The molecule has 144 valence electrons. The van der Waals surface area contributed by atoms with E-state index in [9.17, 15) is 13.2 Å². The van der Waals surface area contributed by atoms with Crippen LogP contribution >= 0.6 is 0 Å². The first-order valence-electron chi connectivity index (χ1n) is 8.55. The first-order valence-corrected chi connectivity index (χ1v) is 10.0. The molecule has 1 fully saturated rings. The number of benzene rings is 2. The van der Waals surface area contributed by atoms with Crippen LogP contribution in [0.15, 0.2) is 47.4 Å². The maximum absolute atomic E-state index is 12.7. The Labute approximate surface area is 158 Å². The Kier molecular flexibility index (Phi) is 5.67. The minimum absolute atomic E-state index is 0.0350. The van der Waals surface area contributed by atoms with Crippen molar-refractivity contribution in [1.29, 1.82) is 0 Å². The third-order valence-corrected chi connectivity index (χ3v) is 5.82. The van der Waals surface area contributed by atoms with E-state index in [-0.39, 0.29) is 17.3 Å². The molecule has 1 aliphatic heterocycles. The molecule has 0 spiro atoms. The standard InChI is InChI=1S/C19H22N2O5S/c1-25-15-6-3-5-14(11-15)13-20-27(23,24)16-8-9-18(26-2)17(12-16)21-10-4-7-19(21)22/h3,5-6,8-9,11-12,20H,4,7,10,13H2,1-2H3. The van der Waals surface area contributed by atoms with Crippen LogP contribution in [0.4, 0.5) is 5.69 Å². The van der Waals surface area contributed by atoms with Crippen LogP contribution in [0.5, 0.6) is 11.5 Å². The molecule has 0 aromatic heterocycles. The highest BCUT2D eigenvalue weighted by atomic mass is 32.2. The van der Waals surface area contributed by atoms with Crippen LogP contribution in [-0.2, 0) is 21.4 Å². The zero-order valence-electron chi connectivity index (χ0n) is 15.3. The van der Waals surface area contributed by atoms with Gasteiger partial charge in [0.25, 0.3) is 0 Å². The maximum atomic E-state index is 12.7. The lowest BCUT2D eigenvalue weighted by atomic mass is 10.2. The summed E-state index contributed by atoms with van der Waals surface area (Å²) in [4.78, 5) is 13.7. The number of ether oxygens (including phenoxy) is 2. The number of methoxy groups -OCH3 is 2. The van der Waals surface area contributed by atoms with Gasteiger partial charge in [-0.05, 0) is 42.3 Å². The van der Waals surface area contributed by atoms with Crippen LogP contribution in [0.2, 0.25) is 0 Å². The van der Waals surface area contributed by atoms with Crippen LogP contribution in [0.1, 0.15) is 18.4 Å². The molecule has 3 rings (SSSR count). The predicted molar refractivity (Wildman–Crippen MR) is 102 cm³/mol. The van der Waals surface area contributed by atoms with Crippen molar-refractivity contribution >= 4 is 21.6 Å². The molecular formula is C19H22N2O5S. The summed E-state index contributed by atoms with van der Waals surface area (Å²) in [5.74, 6) is 1.09. The summed E-state index contributed by atoms with van der Waals surface area (Å²) >= 11 is 0. The molecule has 0 saturated carbocycles. The van der Waals surface area contributed by atoms with Gasteiger partial charge in [0.2, 0.25) is 15.9 Å². The van der Waals surface area contributed by atoms with Gasteiger partial charge in [-0.2, -0.15) is 0 Å². The van der Waals surface area contributed by atoms with Crippen molar-refractivity contribution in [1.82, 2.24) is 4.72 Å². The van der Waals surface area contributed by atoms with E-state index in [1.54, 1.807) is 36.3 Å². The second-order valence-electron chi connectivity index (χ2n) is 6.16. The Morgan fingerprint density at radius 1 is 1.11 bits per heavy atom. The smallest absolute Gasteiger partial charge is 0.240 e. The first-order chi connectivity index (χ1) is 12.9. The van der Waals surface area contributed by atoms with E-state index in [1.807, 2.05) is 6.07 Å². The van der Waals surface area contributed by atoms with E-state index >= 15 is 0 Å². The van der Waals surface area contributed by atoms with E-state index in [2.05, 4.69) is 4.72 Å². The van der Waals surface area contributed by atoms with Gasteiger partial charge in [-0.15, -0.1) is 0 Å². The van der Waals surface area contributed by atoms with E-state index in [0.29, 0.717) is 30.2 Å². The molecule has 7 nitrogen and oxygen atoms in total. The molecule has 1 N–H and O–H groups in total. The zero-order chi connectivity index (χ0) is 19.4. The molecule has 1 aliphatic rings. The number of sulfonamides is 1. The second-order valence-corrected chi connectivity index (χ2v) is 7.93. The fraction of sp³-hybridized carbons (Fsp3) is 0.316. The minimum Gasteiger partial charge on any atom is -0.497 e. The summed E-state index contributed by atoms with van der Waals surface area (Å²) < 4.78 is 38.5. The first kappa shape index (κ1) is 19.2. The molecule has 2 aromatic carbocycles. The number of rotatable bonds is 7. The molecule has 0 aliphatic carbocycles. The van der Waals surface area contributed by atoms with Gasteiger partial charge in [0, 0.05) is 19.5 Å². The van der Waals surface area contributed by atoms with Crippen LogP contribution in [0.25, 0.3) is 0 Å². The lowest BCUT2D eigenvalue weighted by Crippen LogP contribution is -2.26. The molecule has 0 radical (unpaired) electrons. The van der Waals surface area contributed by atoms with Crippen molar-refractivity contribution in [3.63, 3.8) is 0 Å². The maximum Gasteiger partial charge on any atom is 0.240 e. The molecule has 0 atom stereocenters. The Balaban J connectivity index is 1.84. The predicted octanol–water partition coefficient (Wildman–Crippen LogP) is 2.31. The fourth-order valence-corrected chi connectivity index (χ4v) is 4.03. The van der Waals surface area contributed by atoms with Crippen LogP contribution in [0, 0.1) is 0 Å². The molecule has 27 heavy (non-hydrogen) atoms. The Hall–Kier alpha value is -2.58. The third-order valence-electron chi connectivity index (χ3n) is 4.43. The van der Waals surface area contributed by atoms with Crippen LogP contribution in [-0.4, -0.2) is 35.1 Å². The third kappa shape index (κ3) is 4.23. The van der Waals surface area contributed by atoms with Crippen molar-refractivity contribution < 1.29 is 22.7 Å². The zero-order valence-corrected chi connectivity index (χ0v) is 16.1. The van der Waals surface area contributed by atoms with Crippen molar-refractivity contribution in [2.75, 3.05) is 25.7 Å². The summed E-state index contributed by atoms with van der Waals surface area (Å²) in [6.07, 6.45) is 1.20. The second kappa shape index (κ2) is 7.98. The average Bonchev–Trinajstić information content (AvgIpc) is 3.11. The molecule has 0 bridgehead atoms. The SMILES string of the molecule is COc1cccc(CNS(=O)(=O)c2ccc(OC)c(N3CCCC3=O)c2)c1. The van der Waals surface area contributed by atoms with E-state index < -0.39 is 10.0 Å². The normalized spacial score (nSPS) is 14.4. The number of anilines is 1. The highest BCUT2D eigenvalue weighted by molar-refractivity contribution is 7.89. The van der Waals surface area contributed by atoms with E-state index in [4.69, 9.17) is 9.47 Å². The molecule has 1 saturated heterocycles. The van der Waals surface area contributed by atoms with Crippen molar-refractivity contribution in [2.24, 2.45) is 0 Å². The molecule has 1 amide bonds. The molecule has 8 heteroatoms. The number of nitrogens with zero attached hydrogens (tertiary/aromatic N) is 1. The Morgan fingerprint density at radius 2 is 1.93 bits per heavy atom. The number of carbonyl (C=O) groups is 1. The largest absolute Gasteiger partial charge is 0.497 e. The Morgan fingerprint density at radius 3 is 2.59 bits per heavy atom. The van der Waals surface area contributed by atoms with Gasteiger partial charge in [-0.25, -0.2) is 13.1 Å². The van der Waals surface area contributed by atoms with Crippen molar-refractivity contribution in [3.05, 3.63) is 48.0 Å². The number of hydrogen-bond acceptors (Lipinski definition) is 5. The van der Waals surface area contributed by atoms with Gasteiger partial charge >= 0.3 is 0 Å². The molecular weight excluding hydrogens is 368 g/mol.